The van der Waals surface area contributed by atoms with E-state index in [2.05, 4.69) is 5.32 Å². The van der Waals surface area contributed by atoms with Gasteiger partial charge in [-0.1, -0.05) is 19.1 Å². The van der Waals surface area contributed by atoms with E-state index in [4.69, 9.17) is 4.74 Å². The number of benzene rings is 1. The number of esters is 1. The normalized spacial score (nSPS) is 17.4. The van der Waals surface area contributed by atoms with Crippen molar-refractivity contribution in [2.75, 3.05) is 13.1 Å². The third kappa shape index (κ3) is 6.51. The van der Waals surface area contributed by atoms with E-state index in [0.717, 1.165) is 4.90 Å². The number of nitrogens with one attached hydrogen (secondary N) is 1. The summed E-state index contributed by atoms with van der Waals surface area (Å²) in [5.41, 5.74) is -0.903. The van der Waals surface area contributed by atoms with Crippen LogP contribution < -0.4 is 5.32 Å². The fourth-order valence-corrected chi connectivity index (χ4v) is 3.16. The molecule has 2 amide bonds. The van der Waals surface area contributed by atoms with Crippen molar-refractivity contribution in [3.05, 3.63) is 35.6 Å². The van der Waals surface area contributed by atoms with Crippen LogP contribution in [0.25, 0.3) is 0 Å². The number of nitrogens with zero attached hydrogens (tertiary/aromatic N) is 1. The highest BCUT2D eigenvalue weighted by Gasteiger charge is 2.40. The van der Waals surface area contributed by atoms with Crippen molar-refractivity contribution in [1.29, 1.82) is 0 Å². The van der Waals surface area contributed by atoms with Gasteiger partial charge in [0.2, 0.25) is 5.91 Å². The summed E-state index contributed by atoms with van der Waals surface area (Å²) in [5.74, 6) is -1.34. The summed E-state index contributed by atoms with van der Waals surface area (Å²) < 4.78 is 31.5. The van der Waals surface area contributed by atoms with E-state index in [0.29, 0.717) is 5.56 Å². The molecule has 1 atom stereocenters. The van der Waals surface area contributed by atoms with Crippen molar-refractivity contribution in [2.24, 2.45) is 5.41 Å². The number of likely N-dealkylation sites (tertiary alicyclic amines) is 1. The molecule has 29 heavy (non-hydrogen) atoms. The maximum Gasteiger partial charge on any atom is 0.400 e. The molecule has 0 spiro atoms. The predicted molar refractivity (Wildman–Crippen MR) is 103 cm³/mol. The quantitative estimate of drug-likeness (QED) is 0.459. The largest absolute Gasteiger partial charge is 0.458 e. The standard InChI is InChI=1S/C21H28F2N2O4/c1-20(2,3)29-17(26)16(13-14-5-7-15(22)8-6-14)24-18(27)21(4)9-11-25(12-10-21)19(23)28/h5-8,16H,9-13H2,1-4H3,(H,24,27). The molecule has 160 valence electrons. The summed E-state index contributed by atoms with van der Waals surface area (Å²) >= 11 is 0. The summed E-state index contributed by atoms with van der Waals surface area (Å²) in [4.78, 5) is 37.6. The average molecular weight is 410 g/mol. The summed E-state index contributed by atoms with van der Waals surface area (Å²) in [5, 5.41) is 2.75. The molecule has 1 aliphatic rings. The SMILES string of the molecule is CC(C)(C)OC(=O)C(Cc1ccc(F)cc1)NC(=O)C1(C)CCN(C(=O)F)CC1. The molecule has 1 fully saturated rings. The van der Waals surface area contributed by atoms with Crippen molar-refractivity contribution in [1.82, 2.24) is 10.2 Å². The van der Waals surface area contributed by atoms with E-state index < -0.39 is 35.0 Å². The highest BCUT2D eigenvalue weighted by molar-refractivity contribution is 5.88. The third-order valence-electron chi connectivity index (χ3n) is 5.01. The number of carbonyl (C=O) groups excluding carboxylic acids is 3. The van der Waals surface area contributed by atoms with Crippen LogP contribution in [0.3, 0.4) is 0 Å². The van der Waals surface area contributed by atoms with Crippen LogP contribution in [0, 0.1) is 11.2 Å². The molecular formula is C21H28F2N2O4. The molecule has 1 aromatic carbocycles. The zero-order chi connectivity index (χ0) is 21.8. The topological polar surface area (TPSA) is 75.7 Å². The van der Waals surface area contributed by atoms with Crippen molar-refractivity contribution in [3.8, 4) is 0 Å². The minimum atomic E-state index is -1.50. The molecular weight excluding hydrogens is 382 g/mol. The molecule has 1 heterocycles. The first-order valence-corrected chi connectivity index (χ1v) is 9.62. The number of hydrogen-bond donors (Lipinski definition) is 1. The van der Waals surface area contributed by atoms with Crippen molar-refractivity contribution >= 4 is 18.0 Å². The number of hydrogen-bond acceptors (Lipinski definition) is 4. The Morgan fingerprint density at radius 2 is 1.72 bits per heavy atom. The highest BCUT2D eigenvalue weighted by Crippen LogP contribution is 2.31. The first kappa shape index (κ1) is 22.8. The minimum absolute atomic E-state index is 0.133. The molecule has 1 aromatic rings. The Hall–Kier alpha value is -2.51. The van der Waals surface area contributed by atoms with Crippen LogP contribution in [0.15, 0.2) is 24.3 Å². The van der Waals surface area contributed by atoms with Gasteiger partial charge in [0, 0.05) is 24.9 Å². The van der Waals surface area contributed by atoms with Crippen LogP contribution in [0.5, 0.6) is 0 Å². The van der Waals surface area contributed by atoms with Crippen molar-refractivity contribution < 1.29 is 27.9 Å². The second-order valence-corrected chi connectivity index (χ2v) is 8.69. The third-order valence-corrected chi connectivity index (χ3v) is 5.01. The second-order valence-electron chi connectivity index (χ2n) is 8.69. The molecule has 0 bridgehead atoms. The summed E-state index contributed by atoms with van der Waals surface area (Å²) in [6.45, 7) is 7.18. The van der Waals surface area contributed by atoms with E-state index in [1.807, 2.05) is 0 Å². The fraction of sp³-hybridized carbons (Fsp3) is 0.571. The van der Waals surface area contributed by atoms with E-state index in [1.54, 1.807) is 39.8 Å². The Morgan fingerprint density at radius 3 is 2.21 bits per heavy atom. The van der Waals surface area contributed by atoms with Gasteiger partial charge in [-0.2, -0.15) is 0 Å². The lowest BCUT2D eigenvalue weighted by Crippen LogP contribution is -2.53. The lowest BCUT2D eigenvalue weighted by atomic mass is 9.79. The van der Waals surface area contributed by atoms with Gasteiger partial charge < -0.3 is 15.0 Å². The Labute approximate surface area is 169 Å². The number of piperidine rings is 1. The monoisotopic (exact) mass is 410 g/mol. The molecule has 0 aromatic heterocycles. The molecule has 2 rings (SSSR count). The van der Waals surface area contributed by atoms with Crippen LogP contribution in [0.4, 0.5) is 13.6 Å². The molecule has 1 aliphatic heterocycles. The second kappa shape index (κ2) is 8.88. The van der Waals surface area contributed by atoms with Gasteiger partial charge in [-0.25, -0.2) is 14.0 Å². The Kier molecular flexibility index (Phi) is 6.97. The van der Waals surface area contributed by atoms with Gasteiger partial charge in [0.25, 0.3) is 0 Å². The predicted octanol–water partition coefficient (Wildman–Crippen LogP) is 3.39. The van der Waals surface area contributed by atoms with Crippen LogP contribution in [-0.2, 0) is 20.7 Å². The van der Waals surface area contributed by atoms with Crippen molar-refractivity contribution in [2.45, 2.75) is 58.6 Å². The molecule has 1 N–H and O–H groups in total. The van der Waals surface area contributed by atoms with E-state index in [1.165, 1.54) is 12.1 Å². The molecule has 8 heteroatoms. The van der Waals surface area contributed by atoms with Crippen LogP contribution in [0.2, 0.25) is 0 Å². The van der Waals surface area contributed by atoms with Crippen LogP contribution in [-0.4, -0.2) is 47.7 Å². The van der Waals surface area contributed by atoms with Gasteiger partial charge in [0.15, 0.2) is 0 Å². The summed E-state index contributed by atoms with van der Waals surface area (Å²) in [7, 11) is 0. The number of amides is 2. The Morgan fingerprint density at radius 1 is 1.17 bits per heavy atom. The average Bonchev–Trinajstić information content (AvgIpc) is 2.61. The van der Waals surface area contributed by atoms with Gasteiger partial charge in [-0.3, -0.25) is 4.79 Å². The number of rotatable bonds is 5. The molecule has 6 nitrogen and oxygen atoms in total. The maximum absolute atomic E-state index is 13.2. The molecule has 1 unspecified atom stereocenters. The zero-order valence-electron chi connectivity index (χ0n) is 17.3. The van der Waals surface area contributed by atoms with Gasteiger partial charge in [0.05, 0.1) is 0 Å². The van der Waals surface area contributed by atoms with E-state index in [-0.39, 0.29) is 38.3 Å². The fourth-order valence-electron chi connectivity index (χ4n) is 3.16. The molecule has 0 radical (unpaired) electrons. The Bertz CT molecular complexity index is 751. The maximum atomic E-state index is 13.2. The van der Waals surface area contributed by atoms with Gasteiger partial charge in [-0.05, 0) is 51.3 Å². The molecule has 0 saturated carbocycles. The van der Waals surface area contributed by atoms with Crippen molar-refractivity contribution in [3.63, 3.8) is 0 Å². The lowest BCUT2D eigenvalue weighted by Gasteiger charge is -2.37. The number of carbonyl (C=O) groups is 3. The van der Waals surface area contributed by atoms with E-state index >= 15 is 0 Å². The van der Waals surface area contributed by atoms with Gasteiger partial charge >= 0.3 is 12.1 Å². The number of halogens is 2. The zero-order valence-corrected chi connectivity index (χ0v) is 17.3. The minimum Gasteiger partial charge on any atom is -0.458 e. The number of ether oxygens (including phenoxy) is 1. The Balaban J connectivity index is 2.13. The summed E-state index contributed by atoms with van der Waals surface area (Å²) in [6, 6.07) is 4.71. The first-order valence-electron chi connectivity index (χ1n) is 9.62. The van der Waals surface area contributed by atoms with E-state index in [9.17, 15) is 23.2 Å². The van der Waals surface area contributed by atoms with Crippen LogP contribution in [0.1, 0.15) is 46.1 Å². The lowest BCUT2D eigenvalue weighted by molar-refractivity contribution is -0.159. The molecule has 1 saturated heterocycles. The first-order chi connectivity index (χ1) is 13.4. The smallest absolute Gasteiger partial charge is 0.400 e. The highest BCUT2D eigenvalue weighted by atomic mass is 19.1. The van der Waals surface area contributed by atoms with Crippen LogP contribution >= 0.6 is 0 Å². The summed E-state index contributed by atoms with van der Waals surface area (Å²) in [6.07, 6.45) is -0.792. The van der Waals surface area contributed by atoms with Gasteiger partial charge in [0.1, 0.15) is 17.5 Å². The molecule has 0 aliphatic carbocycles. The van der Waals surface area contributed by atoms with Gasteiger partial charge in [-0.15, -0.1) is 4.39 Å².